The number of aliphatic hydroxyl groups is 5. The maximum absolute atomic E-state index is 11.2. The zero-order valence-corrected chi connectivity index (χ0v) is 6.95. The van der Waals surface area contributed by atoms with Gasteiger partial charge in [0.05, 0.1) is 6.61 Å². The predicted molar refractivity (Wildman–Crippen MR) is 38.3 cm³/mol. The molecule has 0 aliphatic rings. The Bertz CT molecular complexity index is 187. The average molecular weight is 214 g/mol. The Kier molecular flexibility index (Phi) is 5.50. The van der Waals surface area contributed by atoms with Crippen LogP contribution in [-0.2, 0) is 9.74 Å². The highest BCUT2D eigenvalue weighted by Crippen LogP contribution is 2.06. The zero-order valence-electron chi connectivity index (χ0n) is 6.95. The molecule has 0 rings (SSSR count). The van der Waals surface area contributed by atoms with Gasteiger partial charge in [-0.05, 0) is 0 Å². The van der Waals surface area contributed by atoms with Gasteiger partial charge in [-0.25, -0.2) is 4.79 Å². The molecule has 0 aromatic heterocycles. The van der Waals surface area contributed by atoms with Gasteiger partial charge in [-0.3, -0.25) is 4.94 Å². The lowest BCUT2D eigenvalue weighted by atomic mass is 10.0. The Morgan fingerprint density at radius 2 is 1.71 bits per heavy atom. The summed E-state index contributed by atoms with van der Waals surface area (Å²) >= 11 is 0. The van der Waals surface area contributed by atoms with E-state index in [9.17, 15) is 9.32 Å². The second-order valence-electron chi connectivity index (χ2n) is 2.57. The molecule has 0 unspecified atom stereocenters. The van der Waals surface area contributed by atoms with Crippen LogP contribution in [-0.4, -0.2) is 62.5 Å². The molecule has 0 aromatic carbocycles. The lowest BCUT2D eigenvalue weighted by Crippen LogP contribution is -2.48. The van der Waals surface area contributed by atoms with Crippen LogP contribution in [0.1, 0.15) is 0 Å². The van der Waals surface area contributed by atoms with Crippen LogP contribution in [0.4, 0.5) is 4.53 Å². The second kappa shape index (κ2) is 5.83. The van der Waals surface area contributed by atoms with E-state index in [4.69, 9.17) is 25.5 Å². The van der Waals surface area contributed by atoms with E-state index < -0.39 is 37.0 Å². The van der Waals surface area contributed by atoms with Crippen LogP contribution in [0.5, 0.6) is 0 Å². The first-order valence-corrected chi connectivity index (χ1v) is 3.61. The zero-order chi connectivity index (χ0) is 11.3. The number of aliphatic hydroxyl groups excluding tert-OH is 5. The largest absolute Gasteiger partial charge is 0.394 e. The van der Waals surface area contributed by atoms with Crippen molar-refractivity contribution in [3.8, 4) is 0 Å². The molecule has 0 bridgehead atoms. The standard InChI is InChI=1S/C6H11FO7/c7-14-6(13)5(12)4(11)3(10)2(9)1-8/h2-5,8-12H,1H2/t2-,3-,4+,5-/m1/s1. The molecule has 0 aromatic rings. The number of hydrogen-bond acceptors (Lipinski definition) is 7. The van der Waals surface area contributed by atoms with E-state index in [-0.39, 0.29) is 0 Å². The SMILES string of the molecule is O=C(OF)[C@H](O)[C@@H](O)[C@H](O)[C@H](O)CO. The Labute approximate surface area is 77.9 Å². The summed E-state index contributed by atoms with van der Waals surface area (Å²) in [6.07, 6.45) is -8.24. The van der Waals surface area contributed by atoms with Crippen LogP contribution in [0.25, 0.3) is 0 Å². The quantitative estimate of drug-likeness (QED) is 0.327. The molecule has 7 nitrogen and oxygen atoms in total. The van der Waals surface area contributed by atoms with Crippen molar-refractivity contribution >= 4 is 5.97 Å². The predicted octanol–water partition coefficient (Wildman–Crippen LogP) is -3.15. The van der Waals surface area contributed by atoms with Gasteiger partial charge in [-0.1, -0.05) is 0 Å². The smallest absolute Gasteiger partial charge is 0.379 e. The van der Waals surface area contributed by atoms with E-state index in [0.29, 0.717) is 0 Å². The van der Waals surface area contributed by atoms with Crippen LogP contribution in [0.2, 0.25) is 0 Å². The van der Waals surface area contributed by atoms with Crippen LogP contribution < -0.4 is 0 Å². The molecule has 84 valence electrons. The highest BCUT2D eigenvalue weighted by molar-refractivity contribution is 5.74. The molecule has 4 atom stereocenters. The number of carbonyl (C=O) groups is 1. The van der Waals surface area contributed by atoms with Gasteiger partial charge in [-0.15, -0.1) is 0 Å². The Hall–Kier alpha value is -0.800. The number of hydrogen-bond donors (Lipinski definition) is 5. The van der Waals surface area contributed by atoms with Crippen molar-refractivity contribution in [2.24, 2.45) is 0 Å². The van der Waals surface area contributed by atoms with E-state index in [0.717, 1.165) is 0 Å². The minimum atomic E-state index is -2.34. The number of carbonyl (C=O) groups excluding carboxylic acids is 1. The minimum Gasteiger partial charge on any atom is -0.394 e. The molecule has 0 aliphatic heterocycles. The molecule has 0 radical (unpaired) electrons. The van der Waals surface area contributed by atoms with Gasteiger partial charge in [0.15, 0.2) is 6.10 Å². The summed E-state index contributed by atoms with van der Waals surface area (Å²) in [5.74, 6) is -1.80. The van der Waals surface area contributed by atoms with Crippen LogP contribution >= 0.6 is 0 Å². The summed E-state index contributed by atoms with van der Waals surface area (Å²) in [6, 6.07) is 0. The number of halogens is 1. The maximum atomic E-state index is 11.2. The first-order valence-electron chi connectivity index (χ1n) is 3.61. The summed E-state index contributed by atoms with van der Waals surface area (Å²) in [7, 11) is 0. The molecule has 0 aliphatic carbocycles. The molecule has 0 spiro atoms. The van der Waals surface area contributed by atoms with Gasteiger partial charge in [-0.2, -0.15) is 0 Å². The van der Waals surface area contributed by atoms with Crippen molar-refractivity contribution in [1.82, 2.24) is 0 Å². The molecule has 8 heteroatoms. The third-order valence-electron chi connectivity index (χ3n) is 1.57. The monoisotopic (exact) mass is 214 g/mol. The van der Waals surface area contributed by atoms with Crippen LogP contribution in [0.15, 0.2) is 0 Å². The van der Waals surface area contributed by atoms with Crippen molar-refractivity contribution in [3.63, 3.8) is 0 Å². The van der Waals surface area contributed by atoms with Crippen LogP contribution in [0.3, 0.4) is 0 Å². The van der Waals surface area contributed by atoms with Gasteiger partial charge in [0.2, 0.25) is 0 Å². The van der Waals surface area contributed by atoms with Crippen molar-refractivity contribution in [3.05, 3.63) is 0 Å². The third-order valence-corrected chi connectivity index (χ3v) is 1.57. The fourth-order valence-electron chi connectivity index (χ4n) is 0.707. The Morgan fingerprint density at radius 1 is 1.21 bits per heavy atom. The van der Waals surface area contributed by atoms with Gasteiger partial charge < -0.3 is 25.5 Å². The van der Waals surface area contributed by atoms with Crippen LogP contribution in [0, 0.1) is 0 Å². The van der Waals surface area contributed by atoms with Crippen molar-refractivity contribution < 1.29 is 39.8 Å². The molecule has 0 heterocycles. The van der Waals surface area contributed by atoms with Crippen molar-refractivity contribution in [2.75, 3.05) is 6.61 Å². The lowest BCUT2D eigenvalue weighted by molar-refractivity contribution is -0.205. The summed E-state index contributed by atoms with van der Waals surface area (Å²) in [5.41, 5.74) is 0. The fourth-order valence-corrected chi connectivity index (χ4v) is 0.707. The lowest BCUT2D eigenvalue weighted by Gasteiger charge is -2.23. The van der Waals surface area contributed by atoms with Gasteiger partial charge in [0, 0.05) is 4.53 Å². The molecule has 0 amide bonds. The molecule has 0 saturated carbocycles. The normalized spacial score (nSPS) is 19.6. The molecule has 5 N–H and O–H groups in total. The summed E-state index contributed by atoms with van der Waals surface area (Å²) in [4.78, 5) is 12.9. The van der Waals surface area contributed by atoms with Gasteiger partial charge >= 0.3 is 5.97 Å². The highest BCUT2D eigenvalue weighted by Gasteiger charge is 2.35. The highest BCUT2D eigenvalue weighted by atomic mass is 19.3. The molecule has 0 saturated heterocycles. The summed E-state index contributed by atoms with van der Waals surface area (Å²) in [6.45, 7) is -0.893. The molecular weight excluding hydrogens is 203 g/mol. The molecule has 0 fully saturated rings. The Balaban J connectivity index is 4.30. The Morgan fingerprint density at radius 3 is 2.07 bits per heavy atom. The van der Waals surface area contributed by atoms with Crippen molar-refractivity contribution in [1.29, 1.82) is 0 Å². The van der Waals surface area contributed by atoms with E-state index in [1.165, 1.54) is 0 Å². The topological polar surface area (TPSA) is 127 Å². The average Bonchev–Trinajstić information content (AvgIpc) is 2.23. The van der Waals surface area contributed by atoms with E-state index >= 15 is 0 Å². The van der Waals surface area contributed by atoms with E-state index in [1.807, 2.05) is 0 Å². The van der Waals surface area contributed by atoms with Gasteiger partial charge in [0.1, 0.15) is 18.3 Å². The van der Waals surface area contributed by atoms with E-state index in [2.05, 4.69) is 4.94 Å². The summed E-state index contributed by atoms with van der Waals surface area (Å²) < 4.78 is 11.2. The third kappa shape index (κ3) is 3.16. The minimum absolute atomic E-state index is 0.893. The molecular formula is C6H11FO7. The van der Waals surface area contributed by atoms with Crippen molar-refractivity contribution in [2.45, 2.75) is 24.4 Å². The summed E-state index contributed by atoms with van der Waals surface area (Å²) in [5, 5.41) is 43.8. The van der Waals surface area contributed by atoms with Gasteiger partial charge in [0.25, 0.3) is 0 Å². The second-order valence-corrected chi connectivity index (χ2v) is 2.57. The maximum Gasteiger partial charge on any atom is 0.379 e. The first kappa shape index (κ1) is 13.2. The number of rotatable bonds is 5. The molecule has 14 heavy (non-hydrogen) atoms. The first-order chi connectivity index (χ1) is 6.45. The van der Waals surface area contributed by atoms with E-state index in [1.54, 1.807) is 0 Å². The fraction of sp³-hybridized carbons (Fsp3) is 0.833.